The third kappa shape index (κ3) is 4.16. The van der Waals surface area contributed by atoms with Gasteiger partial charge < -0.3 is 15.7 Å². The van der Waals surface area contributed by atoms with Crippen molar-refractivity contribution < 1.29 is 9.50 Å². The minimum absolute atomic E-state index is 0.0164. The van der Waals surface area contributed by atoms with E-state index in [1.165, 1.54) is 12.1 Å². The van der Waals surface area contributed by atoms with Crippen LogP contribution in [0.1, 0.15) is 13.3 Å². The summed E-state index contributed by atoms with van der Waals surface area (Å²) in [7, 11) is 0. The van der Waals surface area contributed by atoms with E-state index in [1.54, 1.807) is 0 Å². The highest BCUT2D eigenvalue weighted by Gasteiger charge is 2.21. The van der Waals surface area contributed by atoms with Gasteiger partial charge in [0.2, 0.25) is 0 Å². The zero-order chi connectivity index (χ0) is 14.6. The van der Waals surface area contributed by atoms with E-state index in [0.29, 0.717) is 0 Å². The first-order valence-electron chi connectivity index (χ1n) is 7.13. The highest BCUT2D eigenvalue weighted by atomic mass is 19.1. The van der Waals surface area contributed by atoms with Crippen molar-refractivity contribution in [3.63, 3.8) is 0 Å². The number of anilines is 1. The number of halogens is 1. The molecule has 1 saturated heterocycles. The van der Waals surface area contributed by atoms with Crippen molar-refractivity contribution in [3.05, 3.63) is 30.1 Å². The lowest BCUT2D eigenvalue weighted by Gasteiger charge is -2.37. The molecule has 3 N–H and O–H groups in total. The minimum atomic E-state index is -0.492. The van der Waals surface area contributed by atoms with Gasteiger partial charge in [-0.05, 0) is 37.6 Å². The monoisotopic (exact) mass is 281 g/mol. The molecule has 0 radical (unpaired) electrons. The zero-order valence-corrected chi connectivity index (χ0v) is 12.1. The number of aliphatic hydroxyl groups is 1. The number of rotatable bonds is 5. The van der Waals surface area contributed by atoms with Crippen molar-refractivity contribution in [2.45, 2.75) is 18.9 Å². The van der Waals surface area contributed by atoms with Gasteiger partial charge in [-0.25, -0.2) is 4.39 Å². The van der Waals surface area contributed by atoms with Crippen LogP contribution in [-0.4, -0.2) is 54.9 Å². The fourth-order valence-corrected chi connectivity index (χ4v) is 2.37. The van der Waals surface area contributed by atoms with Gasteiger partial charge in [-0.15, -0.1) is 0 Å². The van der Waals surface area contributed by atoms with Crippen LogP contribution in [0.5, 0.6) is 0 Å². The van der Waals surface area contributed by atoms with Gasteiger partial charge >= 0.3 is 0 Å². The van der Waals surface area contributed by atoms with Crippen molar-refractivity contribution in [2.75, 3.05) is 44.2 Å². The Balaban J connectivity index is 1.79. The van der Waals surface area contributed by atoms with Crippen LogP contribution in [0.25, 0.3) is 0 Å². The summed E-state index contributed by atoms with van der Waals surface area (Å²) >= 11 is 0. The predicted octanol–water partition coefficient (Wildman–Crippen LogP) is 1.05. The molecule has 1 heterocycles. The second-order valence-corrected chi connectivity index (χ2v) is 5.87. The molecule has 1 aromatic carbocycles. The van der Waals surface area contributed by atoms with Gasteiger partial charge in [0, 0.05) is 44.0 Å². The molecule has 0 aliphatic carbocycles. The van der Waals surface area contributed by atoms with Crippen molar-refractivity contribution in [3.8, 4) is 0 Å². The van der Waals surface area contributed by atoms with Gasteiger partial charge in [0.05, 0.1) is 6.61 Å². The number of benzene rings is 1. The summed E-state index contributed by atoms with van der Waals surface area (Å²) in [4.78, 5) is 4.63. The van der Waals surface area contributed by atoms with E-state index in [9.17, 15) is 4.39 Å². The lowest BCUT2D eigenvalue weighted by atomic mass is 10.0. The molecule has 1 aromatic rings. The molecule has 1 aliphatic heterocycles. The molecule has 1 unspecified atom stereocenters. The molecular formula is C15H24FN3O. The van der Waals surface area contributed by atoms with E-state index < -0.39 is 5.54 Å². The van der Waals surface area contributed by atoms with Gasteiger partial charge in [-0.2, -0.15) is 0 Å². The van der Waals surface area contributed by atoms with Crippen molar-refractivity contribution >= 4 is 5.69 Å². The zero-order valence-electron chi connectivity index (χ0n) is 12.1. The molecule has 4 nitrogen and oxygen atoms in total. The maximum absolute atomic E-state index is 12.9. The Morgan fingerprint density at radius 1 is 1.20 bits per heavy atom. The van der Waals surface area contributed by atoms with Crippen molar-refractivity contribution in [2.24, 2.45) is 5.73 Å². The third-order valence-corrected chi connectivity index (χ3v) is 3.92. The number of hydrogen-bond acceptors (Lipinski definition) is 4. The fraction of sp³-hybridized carbons (Fsp3) is 0.600. The number of nitrogens with zero attached hydrogens (tertiary/aromatic N) is 2. The van der Waals surface area contributed by atoms with Crippen LogP contribution in [0.4, 0.5) is 10.1 Å². The van der Waals surface area contributed by atoms with Gasteiger partial charge in [0.1, 0.15) is 5.82 Å². The van der Waals surface area contributed by atoms with E-state index in [4.69, 9.17) is 10.8 Å². The topological polar surface area (TPSA) is 52.7 Å². The predicted molar refractivity (Wildman–Crippen MR) is 79.3 cm³/mol. The molecule has 5 heteroatoms. The fourth-order valence-electron chi connectivity index (χ4n) is 2.37. The normalized spacial score (nSPS) is 19.9. The van der Waals surface area contributed by atoms with Gasteiger partial charge in [-0.3, -0.25) is 4.90 Å². The molecule has 112 valence electrons. The van der Waals surface area contributed by atoms with Gasteiger partial charge in [0.15, 0.2) is 0 Å². The number of aliphatic hydroxyl groups excluding tert-OH is 1. The molecule has 0 saturated carbocycles. The first-order valence-corrected chi connectivity index (χ1v) is 7.13. The molecule has 20 heavy (non-hydrogen) atoms. The van der Waals surface area contributed by atoms with Crippen LogP contribution in [0.2, 0.25) is 0 Å². The van der Waals surface area contributed by atoms with E-state index in [0.717, 1.165) is 44.8 Å². The second kappa shape index (κ2) is 6.52. The van der Waals surface area contributed by atoms with Crippen LogP contribution in [0.15, 0.2) is 24.3 Å². The molecule has 2 rings (SSSR count). The molecular weight excluding hydrogens is 257 g/mol. The van der Waals surface area contributed by atoms with Crippen LogP contribution >= 0.6 is 0 Å². The largest absolute Gasteiger partial charge is 0.394 e. The Labute approximate surface area is 120 Å². The van der Waals surface area contributed by atoms with Crippen molar-refractivity contribution in [1.82, 2.24) is 4.90 Å². The summed E-state index contributed by atoms with van der Waals surface area (Å²) in [6.07, 6.45) is 0.792. The van der Waals surface area contributed by atoms with E-state index in [1.807, 2.05) is 19.1 Å². The summed E-state index contributed by atoms with van der Waals surface area (Å²) in [5.74, 6) is -0.196. The Hall–Kier alpha value is -1.17. The van der Waals surface area contributed by atoms with Crippen molar-refractivity contribution in [1.29, 1.82) is 0 Å². The maximum atomic E-state index is 12.9. The molecule has 0 aromatic heterocycles. The first-order chi connectivity index (χ1) is 9.50. The number of piperazine rings is 1. The third-order valence-electron chi connectivity index (χ3n) is 3.92. The van der Waals surface area contributed by atoms with Crippen LogP contribution < -0.4 is 10.6 Å². The molecule has 1 fully saturated rings. The summed E-state index contributed by atoms with van der Waals surface area (Å²) in [6, 6.07) is 6.66. The average molecular weight is 281 g/mol. The highest BCUT2D eigenvalue weighted by molar-refractivity contribution is 5.46. The van der Waals surface area contributed by atoms with Gasteiger partial charge in [-0.1, -0.05) is 0 Å². The quantitative estimate of drug-likeness (QED) is 0.847. The van der Waals surface area contributed by atoms with Crippen LogP contribution in [0.3, 0.4) is 0 Å². The second-order valence-electron chi connectivity index (χ2n) is 5.87. The smallest absolute Gasteiger partial charge is 0.123 e. The van der Waals surface area contributed by atoms with E-state index >= 15 is 0 Å². The number of nitrogens with two attached hydrogens (primary N) is 1. The SMILES string of the molecule is CC(N)(CO)CCN1CCN(c2ccc(F)cc2)CC1. The lowest BCUT2D eigenvalue weighted by Crippen LogP contribution is -2.49. The Morgan fingerprint density at radius 2 is 1.80 bits per heavy atom. The standard InChI is InChI=1S/C15H24FN3O/c1-15(17,12-20)6-7-18-8-10-19(11-9-18)14-4-2-13(16)3-5-14/h2-5,20H,6-12,17H2,1H3. The first kappa shape index (κ1) is 15.2. The number of hydrogen-bond donors (Lipinski definition) is 2. The highest BCUT2D eigenvalue weighted by Crippen LogP contribution is 2.17. The Kier molecular flexibility index (Phi) is 4.96. The average Bonchev–Trinajstić information content (AvgIpc) is 2.47. The molecule has 0 bridgehead atoms. The Morgan fingerprint density at radius 3 is 2.35 bits per heavy atom. The molecule has 1 aliphatic rings. The molecule has 0 amide bonds. The summed E-state index contributed by atoms with van der Waals surface area (Å²) < 4.78 is 12.9. The minimum Gasteiger partial charge on any atom is -0.394 e. The van der Waals surface area contributed by atoms with E-state index in [-0.39, 0.29) is 12.4 Å². The van der Waals surface area contributed by atoms with Crippen LogP contribution in [-0.2, 0) is 0 Å². The summed E-state index contributed by atoms with van der Waals surface area (Å²) in [6.45, 7) is 6.62. The van der Waals surface area contributed by atoms with Crippen LogP contribution in [0, 0.1) is 5.82 Å². The summed E-state index contributed by atoms with van der Waals surface area (Å²) in [5, 5.41) is 9.15. The molecule has 1 atom stereocenters. The maximum Gasteiger partial charge on any atom is 0.123 e. The molecule has 0 spiro atoms. The van der Waals surface area contributed by atoms with E-state index in [2.05, 4.69) is 9.80 Å². The summed E-state index contributed by atoms with van der Waals surface area (Å²) in [5.41, 5.74) is 6.53. The lowest BCUT2D eigenvalue weighted by molar-refractivity contribution is 0.171. The Bertz CT molecular complexity index is 414. The van der Waals surface area contributed by atoms with Gasteiger partial charge in [0.25, 0.3) is 0 Å².